The fourth-order valence-electron chi connectivity index (χ4n) is 2.72. The number of rotatable bonds is 5. The molecule has 2 amide bonds. The van der Waals surface area contributed by atoms with Crippen LogP contribution < -0.4 is 16.0 Å². The SMILES string of the molecule is CC(=O)NC[C@H]1CN(c2ccc(-c3cnc(N=N)c(N)c3)c(F)c2)C(=O)O1. The third-order valence-corrected chi connectivity index (χ3v) is 4.03. The van der Waals surface area contributed by atoms with E-state index in [0.717, 1.165) is 0 Å². The molecule has 3 rings (SSSR count). The number of nitrogen functional groups attached to an aromatic ring is 1. The van der Waals surface area contributed by atoms with E-state index >= 15 is 0 Å². The third kappa shape index (κ3) is 3.84. The molecule has 1 aliphatic rings. The number of halogens is 1. The van der Waals surface area contributed by atoms with Crippen molar-refractivity contribution in [3.63, 3.8) is 0 Å². The molecule has 1 aromatic carbocycles. The molecule has 0 unspecified atom stereocenters. The van der Waals surface area contributed by atoms with Crippen LogP contribution in [0, 0.1) is 11.3 Å². The zero-order chi connectivity index (χ0) is 19.6. The van der Waals surface area contributed by atoms with E-state index in [9.17, 15) is 14.0 Å². The minimum atomic E-state index is -0.607. The molecule has 1 aliphatic heterocycles. The Morgan fingerprint density at radius 1 is 1.52 bits per heavy atom. The Balaban J connectivity index is 1.80. The van der Waals surface area contributed by atoms with Gasteiger partial charge in [-0.1, -0.05) is 0 Å². The number of hydrogen-bond acceptors (Lipinski definition) is 7. The first kappa shape index (κ1) is 18.2. The van der Waals surface area contributed by atoms with E-state index in [1.807, 2.05) is 0 Å². The lowest BCUT2D eigenvalue weighted by atomic mass is 10.1. The van der Waals surface area contributed by atoms with Gasteiger partial charge in [0.05, 0.1) is 24.5 Å². The van der Waals surface area contributed by atoms with Crippen LogP contribution in [-0.2, 0) is 9.53 Å². The number of cyclic esters (lactones) is 1. The summed E-state index contributed by atoms with van der Waals surface area (Å²) in [5, 5.41) is 5.75. The van der Waals surface area contributed by atoms with Gasteiger partial charge >= 0.3 is 6.09 Å². The summed E-state index contributed by atoms with van der Waals surface area (Å²) in [5.74, 6) is -0.736. The molecule has 0 radical (unpaired) electrons. The highest BCUT2D eigenvalue weighted by Gasteiger charge is 2.32. The quantitative estimate of drug-likeness (QED) is 0.694. The van der Waals surface area contributed by atoms with Crippen LogP contribution in [0.15, 0.2) is 35.6 Å². The number of nitrogens with zero attached hydrogens (tertiary/aromatic N) is 3. The Morgan fingerprint density at radius 2 is 2.30 bits per heavy atom. The van der Waals surface area contributed by atoms with Crippen LogP contribution in [0.2, 0.25) is 0 Å². The number of nitrogens with two attached hydrogens (primary N) is 1. The molecule has 2 heterocycles. The summed E-state index contributed by atoms with van der Waals surface area (Å²) >= 11 is 0. The Morgan fingerprint density at radius 3 is 2.93 bits per heavy atom. The summed E-state index contributed by atoms with van der Waals surface area (Å²) in [6.07, 6.45) is 0.259. The lowest BCUT2D eigenvalue weighted by Crippen LogP contribution is -2.33. The van der Waals surface area contributed by atoms with Crippen LogP contribution in [0.4, 0.5) is 26.4 Å². The summed E-state index contributed by atoms with van der Waals surface area (Å²) in [4.78, 5) is 28.2. The van der Waals surface area contributed by atoms with Gasteiger partial charge in [-0.25, -0.2) is 19.7 Å². The number of nitrogens with one attached hydrogen (secondary N) is 2. The molecule has 0 bridgehead atoms. The van der Waals surface area contributed by atoms with Gasteiger partial charge < -0.3 is 15.8 Å². The molecule has 10 heteroatoms. The first-order valence-corrected chi connectivity index (χ1v) is 8.04. The molecule has 0 saturated carbocycles. The summed E-state index contributed by atoms with van der Waals surface area (Å²) in [7, 11) is 0. The fourth-order valence-corrected chi connectivity index (χ4v) is 2.72. The lowest BCUT2D eigenvalue weighted by molar-refractivity contribution is -0.119. The van der Waals surface area contributed by atoms with Gasteiger partial charge in [-0.05, 0) is 24.3 Å². The molecule has 0 spiro atoms. The number of pyridine rings is 1. The fraction of sp³-hybridized carbons (Fsp3) is 0.235. The normalized spacial score (nSPS) is 16.1. The topological polar surface area (TPSA) is 134 Å². The molecular weight excluding hydrogens is 355 g/mol. The van der Waals surface area contributed by atoms with E-state index in [2.05, 4.69) is 15.4 Å². The number of ether oxygens (including phenoxy) is 1. The van der Waals surface area contributed by atoms with Gasteiger partial charge in [0.15, 0.2) is 5.82 Å². The van der Waals surface area contributed by atoms with Crippen molar-refractivity contribution in [1.82, 2.24) is 10.3 Å². The van der Waals surface area contributed by atoms with Crippen LogP contribution in [0.5, 0.6) is 0 Å². The molecule has 0 aliphatic carbocycles. The Labute approximate surface area is 153 Å². The van der Waals surface area contributed by atoms with Crippen molar-refractivity contribution in [2.24, 2.45) is 5.11 Å². The zero-order valence-corrected chi connectivity index (χ0v) is 14.4. The second-order valence-electron chi connectivity index (χ2n) is 5.97. The molecule has 1 aromatic heterocycles. The number of aromatic nitrogens is 1. The number of benzene rings is 1. The second kappa shape index (κ2) is 7.36. The van der Waals surface area contributed by atoms with E-state index in [1.54, 1.807) is 6.07 Å². The van der Waals surface area contributed by atoms with Crippen molar-refractivity contribution in [3.05, 3.63) is 36.3 Å². The van der Waals surface area contributed by atoms with Gasteiger partial charge in [0.2, 0.25) is 5.91 Å². The van der Waals surface area contributed by atoms with E-state index in [-0.39, 0.29) is 36.1 Å². The average Bonchev–Trinajstić information content (AvgIpc) is 3.00. The van der Waals surface area contributed by atoms with Gasteiger partial charge in [-0.2, -0.15) is 0 Å². The lowest BCUT2D eigenvalue weighted by Gasteiger charge is -2.14. The predicted molar refractivity (Wildman–Crippen MR) is 95.1 cm³/mol. The molecule has 1 atom stereocenters. The summed E-state index contributed by atoms with van der Waals surface area (Å²) in [6.45, 7) is 1.76. The maximum absolute atomic E-state index is 14.6. The highest BCUT2D eigenvalue weighted by molar-refractivity contribution is 5.90. The maximum Gasteiger partial charge on any atom is 0.414 e. The zero-order valence-electron chi connectivity index (χ0n) is 14.4. The largest absolute Gasteiger partial charge is 0.442 e. The van der Waals surface area contributed by atoms with Crippen molar-refractivity contribution in [2.75, 3.05) is 23.7 Å². The third-order valence-electron chi connectivity index (χ3n) is 4.03. The van der Waals surface area contributed by atoms with Crippen LogP contribution in [0.3, 0.4) is 0 Å². The molecule has 4 N–H and O–H groups in total. The number of carbonyl (C=O) groups is 2. The highest BCUT2D eigenvalue weighted by atomic mass is 19.1. The first-order chi connectivity index (χ1) is 12.9. The molecule has 9 nitrogen and oxygen atoms in total. The van der Waals surface area contributed by atoms with Gasteiger partial charge in [0.25, 0.3) is 0 Å². The summed E-state index contributed by atoms with van der Waals surface area (Å²) in [5.41, 5.74) is 13.9. The van der Waals surface area contributed by atoms with Crippen molar-refractivity contribution in [1.29, 1.82) is 5.53 Å². The average molecular weight is 372 g/mol. The number of carbonyl (C=O) groups excluding carboxylic acids is 2. The molecule has 2 aromatic rings. The Bertz CT molecular complexity index is 920. The minimum absolute atomic E-state index is 0.0563. The first-order valence-electron chi connectivity index (χ1n) is 8.04. The Kier molecular flexibility index (Phi) is 4.97. The number of hydrogen-bond donors (Lipinski definition) is 3. The maximum atomic E-state index is 14.6. The van der Waals surface area contributed by atoms with E-state index in [1.165, 1.54) is 36.2 Å². The van der Waals surface area contributed by atoms with Crippen molar-refractivity contribution < 1.29 is 18.7 Å². The number of anilines is 2. The molecule has 1 saturated heterocycles. The highest BCUT2D eigenvalue weighted by Crippen LogP contribution is 2.31. The smallest absolute Gasteiger partial charge is 0.414 e. The number of amides is 2. The van der Waals surface area contributed by atoms with Crippen LogP contribution in [0.25, 0.3) is 11.1 Å². The van der Waals surface area contributed by atoms with Gasteiger partial charge in [-0.15, -0.1) is 5.11 Å². The minimum Gasteiger partial charge on any atom is -0.442 e. The second-order valence-corrected chi connectivity index (χ2v) is 5.97. The standard InChI is InChI=1S/C17H17FN6O3/c1-9(25)21-7-12-8-24(17(26)27-12)11-2-3-13(14(18)5-11)10-4-15(19)16(23-20)22-6-10/h2-6,12,20H,7-8,19H2,1H3,(H,21,25)/t12-/m0/s1. The van der Waals surface area contributed by atoms with Crippen LogP contribution in [0.1, 0.15) is 6.92 Å². The van der Waals surface area contributed by atoms with Gasteiger partial charge in [-0.3, -0.25) is 9.69 Å². The van der Waals surface area contributed by atoms with Crippen molar-refractivity contribution >= 4 is 29.2 Å². The molecule has 27 heavy (non-hydrogen) atoms. The Hall–Kier alpha value is -3.56. The van der Waals surface area contributed by atoms with Crippen molar-refractivity contribution in [2.45, 2.75) is 13.0 Å². The van der Waals surface area contributed by atoms with E-state index < -0.39 is 18.0 Å². The molecule has 140 valence electrons. The predicted octanol–water partition coefficient (Wildman–Crippen LogP) is 2.59. The summed E-state index contributed by atoms with van der Waals surface area (Å²) in [6, 6.07) is 5.79. The van der Waals surface area contributed by atoms with Crippen molar-refractivity contribution in [3.8, 4) is 11.1 Å². The monoisotopic (exact) mass is 372 g/mol. The van der Waals surface area contributed by atoms with Crippen LogP contribution in [-0.4, -0.2) is 36.2 Å². The van der Waals surface area contributed by atoms with Crippen LogP contribution >= 0.6 is 0 Å². The van der Waals surface area contributed by atoms with Gasteiger partial charge in [0, 0.05) is 24.2 Å². The van der Waals surface area contributed by atoms with E-state index in [4.69, 9.17) is 16.0 Å². The van der Waals surface area contributed by atoms with Gasteiger partial charge in [0.1, 0.15) is 11.9 Å². The molecule has 1 fully saturated rings. The van der Waals surface area contributed by atoms with E-state index in [0.29, 0.717) is 11.3 Å². The molecular formula is C17H17FN6O3. The summed E-state index contributed by atoms with van der Waals surface area (Å²) < 4.78 is 19.8.